The molecule has 0 aromatic heterocycles. The van der Waals surface area contributed by atoms with Crippen molar-refractivity contribution in [3.8, 4) is 0 Å². The second-order valence-electron chi connectivity index (χ2n) is 7.69. The van der Waals surface area contributed by atoms with Gasteiger partial charge in [0.25, 0.3) is 0 Å². The Hall–Kier alpha value is -3.22. The van der Waals surface area contributed by atoms with Crippen LogP contribution in [0.4, 0.5) is 5.69 Å². The summed E-state index contributed by atoms with van der Waals surface area (Å²) in [5.74, 6) is -0.603. The van der Waals surface area contributed by atoms with Crippen LogP contribution in [-0.4, -0.2) is 30.4 Å². The second-order valence-corrected chi connectivity index (χ2v) is 7.69. The molecule has 162 valence electrons. The summed E-state index contributed by atoms with van der Waals surface area (Å²) in [5, 5.41) is 7.91. The molecule has 0 fully saturated rings. The fourth-order valence-corrected chi connectivity index (χ4v) is 3.47. The fourth-order valence-electron chi connectivity index (χ4n) is 3.47. The zero-order chi connectivity index (χ0) is 22.1. The molecule has 6 N–H and O–H groups in total. The largest absolute Gasteiger partial charge is 0.343 e. The molecule has 2 amide bonds. The highest BCUT2D eigenvalue weighted by atomic mass is 16.2. The molecule has 0 aliphatic heterocycles. The average Bonchev–Trinajstić information content (AvgIpc) is 2.79. The van der Waals surface area contributed by atoms with Gasteiger partial charge in [0.1, 0.15) is 6.04 Å². The molecule has 3 aromatic rings. The Bertz CT molecular complexity index is 1010. The van der Waals surface area contributed by atoms with E-state index in [9.17, 15) is 9.59 Å². The first-order valence-corrected chi connectivity index (χ1v) is 10.7. The van der Waals surface area contributed by atoms with Gasteiger partial charge in [-0.2, -0.15) is 0 Å². The van der Waals surface area contributed by atoms with Crippen molar-refractivity contribution in [3.63, 3.8) is 0 Å². The maximum atomic E-state index is 13.1. The minimum atomic E-state index is -0.734. The van der Waals surface area contributed by atoms with Gasteiger partial charge in [0.05, 0.1) is 6.04 Å². The normalized spacial score (nSPS) is 12.8. The van der Waals surface area contributed by atoms with Crippen LogP contribution >= 0.6 is 0 Å². The maximum Gasteiger partial charge on any atom is 0.247 e. The third kappa shape index (κ3) is 6.64. The number of amides is 2. The van der Waals surface area contributed by atoms with Gasteiger partial charge in [-0.15, -0.1) is 0 Å². The summed E-state index contributed by atoms with van der Waals surface area (Å²) in [6, 6.07) is 21.9. The summed E-state index contributed by atoms with van der Waals surface area (Å²) in [7, 11) is 0. The topological polar surface area (TPSA) is 110 Å². The molecule has 0 saturated heterocycles. The van der Waals surface area contributed by atoms with E-state index < -0.39 is 12.1 Å². The molecule has 31 heavy (non-hydrogen) atoms. The SMILES string of the molecule is NCCCC[C@@H](N)C(=O)N[C@H](Cc1ccccc1)C(=O)Nc1ccc2ccccc2c1. The summed E-state index contributed by atoms with van der Waals surface area (Å²) in [4.78, 5) is 25.7. The highest BCUT2D eigenvalue weighted by Gasteiger charge is 2.24. The van der Waals surface area contributed by atoms with Gasteiger partial charge in [-0.1, -0.05) is 67.1 Å². The van der Waals surface area contributed by atoms with Crippen molar-refractivity contribution < 1.29 is 9.59 Å². The average molecular weight is 419 g/mol. The first kappa shape index (κ1) is 22.5. The van der Waals surface area contributed by atoms with E-state index in [2.05, 4.69) is 10.6 Å². The number of unbranched alkanes of at least 4 members (excludes halogenated alkanes) is 1. The first-order valence-electron chi connectivity index (χ1n) is 10.7. The molecule has 0 bridgehead atoms. The number of carbonyl (C=O) groups is 2. The van der Waals surface area contributed by atoms with Gasteiger partial charge < -0.3 is 22.1 Å². The van der Waals surface area contributed by atoms with Crippen molar-refractivity contribution in [2.24, 2.45) is 11.5 Å². The lowest BCUT2D eigenvalue weighted by atomic mass is 10.0. The quantitative estimate of drug-likeness (QED) is 0.379. The summed E-state index contributed by atoms with van der Waals surface area (Å²) >= 11 is 0. The van der Waals surface area contributed by atoms with Gasteiger partial charge in [-0.25, -0.2) is 0 Å². The predicted octanol–water partition coefficient (Wildman–Crippen LogP) is 2.96. The number of carbonyl (C=O) groups excluding carboxylic acids is 2. The molecule has 6 heteroatoms. The Labute approximate surface area is 183 Å². The number of benzene rings is 3. The van der Waals surface area contributed by atoms with Crippen LogP contribution in [0, 0.1) is 0 Å². The third-order valence-corrected chi connectivity index (χ3v) is 5.24. The van der Waals surface area contributed by atoms with Crippen LogP contribution in [0.5, 0.6) is 0 Å². The Balaban J connectivity index is 1.72. The van der Waals surface area contributed by atoms with Gasteiger partial charge in [0, 0.05) is 12.1 Å². The van der Waals surface area contributed by atoms with Crippen LogP contribution in [0.25, 0.3) is 10.8 Å². The minimum absolute atomic E-state index is 0.276. The van der Waals surface area contributed by atoms with E-state index in [1.807, 2.05) is 72.8 Å². The van der Waals surface area contributed by atoms with Gasteiger partial charge in [-0.3, -0.25) is 9.59 Å². The molecule has 3 rings (SSSR count). The van der Waals surface area contributed by atoms with E-state index in [0.717, 1.165) is 29.2 Å². The van der Waals surface area contributed by atoms with Crippen molar-refractivity contribution in [1.29, 1.82) is 0 Å². The predicted molar refractivity (Wildman–Crippen MR) is 126 cm³/mol. The molecule has 0 radical (unpaired) electrons. The molecule has 0 heterocycles. The molecule has 0 unspecified atom stereocenters. The maximum absolute atomic E-state index is 13.1. The third-order valence-electron chi connectivity index (χ3n) is 5.24. The van der Waals surface area contributed by atoms with Crippen LogP contribution in [-0.2, 0) is 16.0 Å². The van der Waals surface area contributed by atoms with Gasteiger partial charge in [-0.05, 0) is 47.9 Å². The lowest BCUT2D eigenvalue weighted by Gasteiger charge is -2.21. The van der Waals surface area contributed by atoms with Crippen LogP contribution in [0.2, 0.25) is 0 Å². The van der Waals surface area contributed by atoms with Gasteiger partial charge in [0.15, 0.2) is 0 Å². The second kappa shape index (κ2) is 11.2. The van der Waals surface area contributed by atoms with E-state index in [-0.39, 0.29) is 11.8 Å². The molecule has 0 spiro atoms. The number of hydrogen-bond acceptors (Lipinski definition) is 4. The molecule has 2 atom stereocenters. The highest BCUT2D eigenvalue weighted by molar-refractivity contribution is 5.99. The van der Waals surface area contributed by atoms with Crippen LogP contribution in [0.15, 0.2) is 72.8 Å². The lowest BCUT2D eigenvalue weighted by Crippen LogP contribution is -2.50. The molecular formula is C25H30N4O2. The monoisotopic (exact) mass is 418 g/mol. The van der Waals surface area contributed by atoms with Crippen molar-refractivity contribution >= 4 is 28.3 Å². The van der Waals surface area contributed by atoms with E-state index >= 15 is 0 Å². The highest BCUT2D eigenvalue weighted by Crippen LogP contribution is 2.19. The van der Waals surface area contributed by atoms with Crippen LogP contribution in [0.1, 0.15) is 24.8 Å². The zero-order valence-electron chi connectivity index (χ0n) is 17.6. The molecule has 3 aromatic carbocycles. The Kier molecular flexibility index (Phi) is 8.15. The van der Waals surface area contributed by atoms with E-state index in [1.165, 1.54) is 0 Å². The number of anilines is 1. The van der Waals surface area contributed by atoms with E-state index in [1.54, 1.807) is 0 Å². The first-order chi connectivity index (χ1) is 15.1. The van der Waals surface area contributed by atoms with Crippen molar-refractivity contribution in [3.05, 3.63) is 78.4 Å². The van der Waals surface area contributed by atoms with Crippen LogP contribution in [0.3, 0.4) is 0 Å². The zero-order valence-corrected chi connectivity index (χ0v) is 17.6. The fraction of sp³-hybridized carbons (Fsp3) is 0.280. The summed E-state index contributed by atoms with van der Waals surface area (Å²) < 4.78 is 0. The Morgan fingerprint density at radius 2 is 1.55 bits per heavy atom. The smallest absolute Gasteiger partial charge is 0.247 e. The van der Waals surface area contributed by atoms with E-state index in [0.29, 0.717) is 25.1 Å². The summed E-state index contributed by atoms with van der Waals surface area (Å²) in [6.45, 7) is 0.569. The van der Waals surface area contributed by atoms with Gasteiger partial charge >= 0.3 is 0 Å². The summed E-state index contributed by atoms with van der Waals surface area (Å²) in [5.41, 5.74) is 13.2. The lowest BCUT2D eigenvalue weighted by molar-refractivity contribution is -0.127. The molecule has 0 aliphatic carbocycles. The van der Waals surface area contributed by atoms with Crippen molar-refractivity contribution in [2.75, 3.05) is 11.9 Å². The van der Waals surface area contributed by atoms with Crippen molar-refractivity contribution in [1.82, 2.24) is 5.32 Å². The standard InChI is InChI=1S/C25H30N4O2/c26-15-7-6-12-22(27)24(30)29-23(16-18-8-2-1-3-9-18)25(31)28-21-14-13-19-10-4-5-11-20(19)17-21/h1-5,8-11,13-14,17,22-23H,6-7,12,15-16,26-27H2,(H,28,31)(H,29,30)/t22-,23-/m1/s1. The number of nitrogens with one attached hydrogen (secondary N) is 2. The van der Waals surface area contributed by atoms with Crippen molar-refractivity contribution in [2.45, 2.75) is 37.8 Å². The van der Waals surface area contributed by atoms with Crippen LogP contribution < -0.4 is 22.1 Å². The molecule has 0 saturated carbocycles. The number of nitrogens with two attached hydrogens (primary N) is 2. The minimum Gasteiger partial charge on any atom is -0.343 e. The van der Waals surface area contributed by atoms with Gasteiger partial charge in [0.2, 0.25) is 11.8 Å². The molecular weight excluding hydrogens is 388 g/mol. The van der Waals surface area contributed by atoms with E-state index in [4.69, 9.17) is 11.5 Å². The Morgan fingerprint density at radius 1 is 0.839 bits per heavy atom. The summed E-state index contributed by atoms with van der Waals surface area (Å²) in [6.07, 6.45) is 2.50. The molecule has 6 nitrogen and oxygen atoms in total. The number of fused-ring (bicyclic) bond motifs is 1. The number of rotatable bonds is 10. The molecule has 0 aliphatic rings. The Morgan fingerprint density at radius 3 is 2.29 bits per heavy atom. The number of hydrogen-bond donors (Lipinski definition) is 4.